The van der Waals surface area contributed by atoms with E-state index >= 15 is 0 Å². The lowest BCUT2D eigenvalue weighted by molar-refractivity contribution is -0.121. The summed E-state index contributed by atoms with van der Waals surface area (Å²) < 4.78 is 22.9. The van der Waals surface area contributed by atoms with E-state index in [1.54, 1.807) is 0 Å². The highest BCUT2D eigenvalue weighted by molar-refractivity contribution is 6.58. The highest BCUT2D eigenvalue weighted by atomic mass is 35.5. The van der Waals surface area contributed by atoms with Crippen LogP contribution in [0.2, 0.25) is 5.02 Å². The van der Waals surface area contributed by atoms with Gasteiger partial charge in [0.2, 0.25) is 5.91 Å². The van der Waals surface area contributed by atoms with Crippen LogP contribution >= 0.6 is 11.6 Å². The van der Waals surface area contributed by atoms with Gasteiger partial charge in [0, 0.05) is 40.5 Å². The van der Waals surface area contributed by atoms with Gasteiger partial charge in [0.25, 0.3) is 5.91 Å². The predicted octanol–water partition coefficient (Wildman–Crippen LogP) is 1.21. The van der Waals surface area contributed by atoms with Crippen molar-refractivity contribution < 1.29 is 38.6 Å². The number of nitrogens with one attached hydrogen (secondary N) is 4. The van der Waals surface area contributed by atoms with Crippen molar-refractivity contribution in [3.05, 3.63) is 88.4 Å². The number of amides is 2. The van der Waals surface area contributed by atoms with Gasteiger partial charge in [-0.15, -0.1) is 0 Å². The maximum atomic E-state index is 12.7. The summed E-state index contributed by atoms with van der Waals surface area (Å²) in [4.78, 5) is 32.3. The molecule has 2 unspecified atom stereocenters. The maximum absolute atomic E-state index is 12.7. The van der Waals surface area contributed by atoms with E-state index in [-0.39, 0.29) is 36.6 Å². The number of ether oxygens (including phenoxy) is 4. The normalized spacial score (nSPS) is 17.8. The van der Waals surface area contributed by atoms with Gasteiger partial charge in [-0.05, 0) is 61.8 Å². The summed E-state index contributed by atoms with van der Waals surface area (Å²) >= 11 is 6.23. The van der Waals surface area contributed by atoms with Crippen LogP contribution in [0.15, 0.2) is 71.7 Å². The topological polar surface area (TPSA) is 175 Å². The molecule has 0 aromatic heterocycles. The number of carbonyl (C=O) groups excluding carboxylic acids is 2. The second kappa shape index (κ2) is 19.7. The van der Waals surface area contributed by atoms with Gasteiger partial charge in [-0.1, -0.05) is 35.9 Å². The number of halogens is 1. The van der Waals surface area contributed by atoms with Crippen LogP contribution in [0, 0.1) is 0 Å². The Hall–Kier alpha value is -4.06. The van der Waals surface area contributed by atoms with E-state index < -0.39 is 7.12 Å². The number of anilines is 1. The van der Waals surface area contributed by atoms with Gasteiger partial charge in [-0.3, -0.25) is 14.6 Å². The molecule has 0 radical (unpaired) electrons. The molecule has 2 heterocycles. The molecule has 1 saturated heterocycles. The first-order valence-electron chi connectivity index (χ1n) is 17.4. The molecule has 278 valence electrons. The van der Waals surface area contributed by atoms with Crippen molar-refractivity contribution in [2.75, 3.05) is 64.2 Å². The van der Waals surface area contributed by atoms with Crippen LogP contribution in [-0.2, 0) is 19.0 Å². The fourth-order valence-corrected chi connectivity index (χ4v) is 6.04. The molecule has 16 heteroatoms. The molecule has 5 rings (SSSR count). The number of nitrogens with zero attached hydrogens (tertiary/aromatic N) is 2. The lowest BCUT2D eigenvalue weighted by atomic mass is 9.80. The zero-order valence-corrected chi connectivity index (χ0v) is 30.1. The zero-order valence-electron chi connectivity index (χ0n) is 29.3. The van der Waals surface area contributed by atoms with E-state index in [9.17, 15) is 9.59 Å². The second-order valence-electron chi connectivity index (χ2n) is 12.1. The fraction of sp³-hybridized carbons (Fsp3) is 0.417. The molecule has 1 fully saturated rings. The Bertz CT molecular complexity index is 1650. The monoisotopic (exact) mass is 736 g/mol. The van der Waals surface area contributed by atoms with E-state index in [4.69, 9.17) is 45.6 Å². The number of aliphatic imine (C=N–C) groups is 1. The lowest BCUT2D eigenvalue weighted by Gasteiger charge is -2.31. The molecular weight excluding hydrogens is 691 g/mol. The second-order valence-corrected chi connectivity index (χ2v) is 12.6. The fourth-order valence-electron chi connectivity index (χ4n) is 5.91. The first-order chi connectivity index (χ1) is 25.2. The molecule has 2 aliphatic heterocycles. The Kier molecular flexibility index (Phi) is 14.8. The Morgan fingerprint density at radius 3 is 2.23 bits per heavy atom. The minimum atomic E-state index is -1.57. The summed E-state index contributed by atoms with van der Waals surface area (Å²) in [7, 11) is -1.57. The van der Waals surface area contributed by atoms with Crippen molar-refractivity contribution in [2.24, 2.45) is 4.99 Å². The lowest BCUT2D eigenvalue weighted by Crippen LogP contribution is -2.47. The van der Waals surface area contributed by atoms with Crippen molar-refractivity contribution in [2.45, 2.75) is 38.6 Å². The molecule has 0 spiro atoms. The molecule has 2 aliphatic rings. The number of hydrogen-bond acceptors (Lipinski definition) is 12. The molecule has 6 N–H and O–H groups in total. The Morgan fingerprint density at radius 1 is 0.885 bits per heavy atom. The third-order valence-electron chi connectivity index (χ3n) is 8.45. The van der Waals surface area contributed by atoms with Crippen LogP contribution < -0.4 is 36.6 Å². The molecule has 2 amide bonds. The van der Waals surface area contributed by atoms with Crippen LogP contribution in [0.25, 0.3) is 0 Å². The first kappa shape index (κ1) is 39.2. The molecule has 52 heavy (non-hydrogen) atoms. The molecule has 0 saturated carbocycles. The Balaban J connectivity index is 1.05. The summed E-state index contributed by atoms with van der Waals surface area (Å²) in [5, 5.41) is 24.6. The average Bonchev–Trinajstić information content (AvgIpc) is 3.46. The zero-order chi connectivity index (χ0) is 36.9. The smallest absolute Gasteiger partial charge is 0.488 e. The molecule has 14 nitrogen and oxygen atoms in total. The van der Waals surface area contributed by atoms with Crippen LogP contribution in [0.5, 0.6) is 5.75 Å². The Labute approximate surface area is 308 Å². The molecule has 0 bridgehead atoms. The van der Waals surface area contributed by atoms with Crippen LogP contribution in [-0.4, -0.2) is 112 Å². The summed E-state index contributed by atoms with van der Waals surface area (Å²) in [5.41, 5.74) is 10.9. The number of rotatable bonds is 19. The number of benzene rings is 3. The Morgan fingerprint density at radius 2 is 1.56 bits per heavy atom. The van der Waals surface area contributed by atoms with Gasteiger partial charge in [-0.2, -0.15) is 0 Å². The van der Waals surface area contributed by atoms with E-state index in [0.29, 0.717) is 81.1 Å². The summed E-state index contributed by atoms with van der Waals surface area (Å²) in [5.74, 6) is 0.332. The van der Waals surface area contributed by atoms with E-state index in [2.05, 4.69) is 33.3 Å². The third-order valence-corrected chi connectivity index (χ3v) is 8.70. The van der Waals surface area contributed by atoms with Gasteiger partial charge in [0.05, 0.1) is 64.0 Å². The molecule has 3 aromatic carbocycles. The average molecular weight is 737 g/mol. The number of fused-ring (bicyclic) bond motifs is 3. The van der Waals surface area contributed by atoms with Crippen LogP contribution in [0.3, 0.4) is 0 Å². The summed E-state index contributed by atoms with van der Waals surface area (Å²) in [6, 6.07) is 19.1. The summed E-state index contributed by atoms with van der Waals surface area (Å²) in [6.45, 7) is 7.41. The van der Waals surface area contributed by atoms with Crippen molar-refractivity contribution in [3.63, 3.8) is 0 Å². The van der Waals surface area contributed by atoms with Crippen molar-refractivity contribution in [3.8, 4) is 5.75 Å². The highest BCUT2D eigenvalue weighted by Gasteiger charge is 2.40. The van der Waals surface area contributed by atoms with Crippen molar-refractivity contribution in [1.29, 1.82) is 0 Å². The number of carbonyl (C=O) groups is 2. The van der Waals surface area contributed by atoms with Crippen LogP contribution in [0.4, 0.5) is 5.69 Å². The molecule has 3 aromatic rings. The third kappa shape index (κ3) is 10.7. The van der Waals surface area contributed by atoms with Gasteiger partial charge in [-0.25, -0.2) is 10.9 Å². The SMILES string of the molecule is CCNC(=O)C[C@@H]1N=C(c2ccc(Cl)cc2)c2cc(OCCOCCOCCOCCNC(=O)c3ccc(B(O)O)cc3)ccc2N2C(C)NNC12. The quantitative estimate of drug-likeness (QED) is 0.0772. The molecular formula is C36H46BClN6O8. The molecule has 3 atom stereocenters. The van der Waals surface area contributed by atoms with Gasteiger partial charge < -0.3 is 44.5 Å². The van der Waals surface area contributed by atoms with Crippen LogP contribution in [0.1, 0.15) is 41.8 Å². The van der Waals surface area contributed by atoms with Crippen molar-refractivity contribution >= 4 is 47.4 Å². The van der Waals surface area contributed by atoms with Gasteiger partial charge >= 0.3 is 7.12 Å². The van der Waals surface area contributed by atoms with Crippen molar-refractivity contribution in [1.82, 2.24) is 21.5 Å². The largest absolute Gasteiger partial charge is 0.491 e. The summed E-state index contributed by atoms with van der Waals surface area (Å²) in [6.07, 6.45) is -0.0817. The number of hydrogen-bond donors (Lipinski definition) is 6. The number of hydrazine groups is 1. The first-order valence-corrected chi connectivity index (χ1v) is 17.8. The highest BCUT2D eigenvalue weighted by Crippen LogP contribution is 2.36. The maximum Gasteiger partial charge on any atom is 0.488 e. The van der Waals surface area contributed by atoms with E-state index in [1.807, 2.05) is 49.4 Å². The molecule has 0 aliphatic carbocycles. The van der Waals surface area contributed by atoms with E-state index in [1.165, 1.54) is 24.3 Å². The minimum Gasteiger partial charge on any atom is -0.491 e. The van der Waals surface area contributed by atoms with E-state index in [0.717, 1.165) is 22.5 Å². The predicted molar refractivity (Wildman–Crippen MR) is 199 cm³/mol. The minimum absolute atomic E-state index is 0.0532. The van der Waals surface area contributed by atoms with Gasteiger partial charge in [0.1, 0.15) is 18.5 Å². The van der Waals surface area contributed by atoms with Gasteiger partial charge in [0.15, 0.2) is 0 Å². The standard InChI is InChI=1S/C36H46BClN6O8/c1-3-39-33(45)23-31-35-43-42-24(2)44(35)32-13-12-29(22-30(32)34(41-31)25-6-10-28(38)11-7-25)52-21-20-51-19-18-50-17-16-49-15-14-40-36(46)26-4-8-27(9-5-26)37(47)48/h4-13,22,24,31,35,42-43,47-48H,3,14-21,23H2,1-2H3,(H,39,45)(H,40,46)/t24?,31-,35?/m0/s1.